The van der Waals surface area contributed by atoms with Crippen LogP contribution in [0.4, 0.5) is 4.79 Å². The molecule has 21 heavy (non-hydrogen) atoms. The molecule has 0 aliphatic rings. The Hall–Kier alpha value is -1.84. The van der Waals surface area contributed by atoms with Gasteiger partial charge in [0.05, 0.1) is 6.04 Å². The third kappa shape index (κ3) is 4.88. The van der Waals surface area contributed by atoms with Gasteiger partial charge in [-0.3, -0.25) is 9.69 Å². The number of nitrogens with zero attached hydrogens (tertiary/aromatic N) is 1. The van der Waals surface area contributed by atoms with Gasteiger partial charge in [-0.05, 0) is 41.5 Å². The SMILES string of the molecule is CC(C)N(C(=O)OC(C)(C)C)C(C)C(=O)c1ccccc1. The molecule has 0 bridgehead atoms. The molecule has 1 amide bonds. The number of carbonyl (C=O) groups is 2. The largest absolute Gasteiger partial charge is 0.444 e. The second kappa shape index (κ2) is 6.74. The van der Waals surface area contributed by atoms with Crippen molar-refractivity contribution >= 4 is 11.9 Å². The van der Waals surface area contributed by atoms with Gasteiger partial charge in [-0.2, -0.15) is 0 Å². The lowest BCUT2D eigenvalue weighted by Crippen LogP contribution is -2.49. The van der Waals surface area contributed by atoms with E-state index >= 15 is 0 Å². The molecule has 0 aliphatic heterocycles. The fourth-order valence-electron chi connectivity index (χ4n) is 2.10. The molecule has 0 fully saturated rings. The Labute approximate surface area is 127 Å². The van der Waals surface area contributed by atoms with E-state index in [0.717, 1.165) is 0 Å². The van der Waals surface area contributed by atoms with Crippen LogP contribution in [0.1, 0.15) is 51.9 Å². The van der Waals surface area contributed by atoms with Gasteiger partial charge in [-0.1, -0.05) is 30.3 Å². The molecule has 1 rings (SSSR count). The number of hydrogen-bond acceptors (Lipinski definition) is 3. The maximum atomic E-state index is 12.5. The van der Waals surface area contributed by atoms with Gasteiger partial charge >= 0.3 is 6.09 Å². The molecule has 1 aromatic rings. The van der Waals surface area contributed by atoms with Crippen molar-refractivity contribution in [2.45, 2.75) is 59.2 Å². The van der Waals surface area contributed by atoms with Crippen molar-refractivity contribution in [2.75, 3.05) is 0 Å². The summed E-state index contributed by atoms with van der Waals surface area (Å²) in [6.07, 6.45) is -0.464. The lowest BCUT2D eigenvalue weighted by atomic mass is 10.0. The first-order valence-electron chi connectivity index (χ1n) is 7.24. The Kier molecular flexibility index (Phi) is 5.53. The van der Waals surface area contributed by atoms with E-state index in [-0.39, 0.29) is 11.8 Å². The number of ether oxygens (including phenoxy) is 1. The van der Waals surface area contributed by atoms with Crippen LogP contribution in [0.3, 0.4) is 0 Å². The van der Waals surface area contributed by atoms with Crippen molar-refractivity contribution < 1.29 is 14.3 Å². The van der Waals surface area contributed by atoms with Crippen LogP contribution < -0.4 is 0 Å². The maximum absolute atomic E-state index is 12.5. The first kappa shape index (κ1) is 17.2. The minimum absolute atomic E-state index is 0.0878. The van der Waals surface area contributed by atoms with E-state index in [4.69, 9.17) is 4.74 Å². The minimum atomic E-state index is -0.584. The molecule has 116 valence electrons. The molecule has 0 saturated carbocycles. The molecule has 0 spiro atoms. The summed E-state index contributed by atoms with van der Waals surface area (Å²) in [5.74, 6) is -0.0878. The number of hydrogen-bond donors (Lipinski definition) is 0. The van der Waals surface area contributed by atoms with E-state index in [2.05, 4.69) is 0 Å². The van der Waals surface area contributed by atoms with Crippen LogP contribution in [0.15, 0.2) is 30.3 Å². The van der Waals surface area contributed by atoms with E-state index in [9.17, 15) is 9.59 Å². The van der Waals surface area contributed by atoms with Crippen molar-refractivity contribution in [1.82, 2.24) is 4.90 Å². The highest BCUT2D eigenvalue weighted by Gasteiger charge is 2.32. The fraction of sp³-hybridized carbons (Fsp3) is 0.529. The quantitative estimate of drug-likeness (QED) is 0.790. The van der Waals surface area contributed by atoms with Crippen LogP contribution in [-0.4, -0.2) is 34.5 Å². The summed E-state index contributed by atoms with van der Waals surface area (Å²) in [5, 5.41) is 0. The summed E-state index contributed by atoms with van der Waals surface area (Å²) < 4.78 is 5.40. The molecule has 0 aliphatic carbocycles. The van der Waals surface area contributed by atoms with Crippen LogP contribution in [0.25, 0.3) is 0 Å². The molecule has 1 unspecified atom stereocenters. The normalized spacial score (nSPS) is 12.9. The van der Waals surface area contributed by atoms with E-state index in [1.54, 1.807) is 19.1 Å². The van der Waals surface area contributed by atoms with E-state index in [0.29, 0.717) is 5.56 Å². The molecular formula is C17H25NO3. The van der Waals surface area contributed by atoms with Crippen molar-refractivity contribution in [1.29, 1.82) is 0 Å². The molecular weight excluding hydrogens is 266 g/mol. The van der Waals surface area contributed by atoms with Gasteiger partial charge in [0.2, 0.25) is 0 Å². The molecule has 0 saturated heterocycles. The molecule has 0 heterocycles. The number of carbonyl (C=O) groups excluding carboxylic acids is 2. The van der Waals surface area contributed by atoms with Crippen molar-refractivity contribution in [3.8, 4) is 0 Å². The van der Waals surface area contributed by atoms with Crippen LogP contribution >= 0.6 is 0 Å². The molecule has 1 aromatic carbocycles. The maximum Gasteiger partial charge on any atom is 0.411 e. The molecule has 0 radical (unpaired) electrons. The van der Waals surface area contributed by atoms with Crippen molar-refractivity contribution in [3.63, 3.8) is 0 Å². The molecule has 4 nitrogen and oxygen atoms in total. The van der Waals surface area contributed by atoms with Crippen molar-refractivity contribution in [2.24, 2.45) is 0 Å². The van der Waals surface area contributed by atoms with Gasteiger partial charge in [0.15, 0.2) is 5.78 Å². The molecule has 0 N–H and O–H groups in total. The number of rotatable bonds is 4. The summed E-state index contributed by atoms with van der Waals surface area (Å²) >= 11 is 0. The average Bonchev–Trinajstić information content (AvgIpc) is 2.36. The minimum Gasteiger partial charge on any atom is -0.444 e. The molecule has 4 heteroatoms. The van der Waals surface area contributed by atoms with Gasteiger partial charge in [0.25, 0.3) is 0 Å². The lowest BCUT2D eigenvalue weighted by molar-refractivity contribution is 0.0108. The van der Waals surface area contributed by atoms with Gasteiger partial charge in [-0.15, -0.1) is 0 Å². The predicted octanol–water partition coefficient (Wildman–Crippen LogP) is 3.90. The summed E-state index contributed by atoms with van der Waals surface area (Å²) in [6, 6.07) is 8.30. The zero-order valence-corrected chi connectivity index (χ0v) is 13.7. The average molecular weight is 291 g/mol. The standard InChI is InChI=1S/C17H25NO3/c1-12(2)18(16(20)21-17(4,5)6)13(3)15(19)14-10-8-7-9-11-14/h7-13H,1-6H3. The zero-order valence-electron chi connectivity index (χ0n) is 13.7. The molecule has 1 atom stereocenters. The third-order valence-electron chi connectivity index (χ3n) is 3.02. The summed E-state index contributed by atoms with van der Waals surface area (Å²) in [5.41, 5.74) is 0.0129. The van der Waals surface area contributed by atoms with Gasteiger partial charge in [0, 0.05) is 11.6 Å². The zero-order chi connectivity index (χ0) is 16.2. The topological polar surface area (TPSA) is 46.6 Å². The highest BCUT2D eigenvalue weighted by molar-refractivity contribution is 6.01. The Bertz CT molecular complexity index is 489. The van der Waals surface area contributed by atoms with Gasteiger partial charge in [-0.25, -0.2) is 4.79 Å². The van der Waals surface area contributed by atoms with Crippen LogP contribution in [-0.2, 0) is 4.74 Å². The second-order valence-corrected chi connectivity index (χ2v) is 6.39. The highest BCUT2D eigenvalue weighted by atomic mass is 16.6. The first-order valence-corrected chi connectivity index (χ1v) is 7.24. The Morgan fingerprint density at radius 3 is 2.00 bits per heavy atom. The van der Waals surface area contributed by atoms with Crippen LogP contribution in [0, 0.1) is 0 Å². The van der Waals surface area contributed by atoms with E-state index < -0.39 is 17.7 Å². The Morgan fingerprint density at radius 1 is 1.05 bits per heavy atom. The predicted molar refractivity (Wildman–Crippen MR) is 83.4 cm³/mol. The number of Topliss-reactive ketones (excluding diaryl/α,β-unsaturated/α-hetero) is 1. The Morgan fingerprint density at radius 2 is 1.57 bits per heavy atom. The number of benzene rings is 1. The fourth-order valence-corrected chi connectivity index (χ4v) is 2.10. The monoisotopic (exact) mass is 291 g/mol. The summed E-state index contributed by atoms with van der Waals surface area (Å²) in [4.78, 5) is 26.3. The van der Waals surface area contributed by atoms with Crippen LogP contribution in [0.5, 0.6) is 0 Å². The van der Waals surface area contributed by atoms with Crippen LogP contribution in [0.2, 0.25) is 0 Å². The third-order valence-corrected chi connectivity index (χ3v) is 3.02. The smallest absolute Gasteiger partial charge is 0.411 e. The second-order valence-electron chi connectivity index (χ2n) is 6.39. The Balaban J connectivity index is 2.95. The van der Waals surface area contributed by atoms with Gasteiger partial charge < -0.3 is 4.74 Å². The van der Waals surface area contributed by atoms with E-state index in [1.165, 1.54) is 4.90 Å². The van der Waals surface area contributed by atoms with E-state index in [1.807, 2.05) is 52.8 Å². The van der Waals surface area contributed by atoms with Crippen molar-refractivity contribution in [3.05, 3.63) is 35.9 Å². The highest BCUT2D eigenvalue weighted by Crippen LogP contribution is 2.17. The summed E-state index contributed by atoms with van der Waals surface area (Å²) in [6.45, 7) is 10.9. The number of ketones is 1. The lowest BCUT2D eigenvalue weighted by Gasteiger charge is -2.33. The first-order chi connectivity index (χ1) is 9.63. The van der Waals surface area contributed by atoms with Gasteiger partial charge in [0.1, 0.15) is 5.60 Å². The number of amides is 1. The summed E-state index contributed by atoms with van der Waals surface area (Å²) in [7, 11) is 0. The molecule has 0 aromatic heterocycles.